The standard InChI is InChI=1S/C20H24N2O5/c1-3-27-18(20(25)13-8-9-17(26-2)16(23)12-13)10-11-19(24)22-15-7-5-4-6-14(15)21/h4-12,18,20,23,25H,3,21H2,1-2H3,(H,22,24)/b11-10+/t18-,20-/m1/s1. The third-order valence-corrected chi connectivity index (χ3v) is 3.87. The number of anilines is 2. The van der Waals surface area contributed by atoms with E-state index in [0.717, 1.165) is 0 Å². The van der Waals surface area contributed by atoms with Crippen molar-refractivity contribution < 1.29 is 24.5 Å². The molecule has 0 saturated heterocycles. The van der Waals surface area contributed by atoms with E-state index in [1.54, 1.807) is 43.3 Å². The van der Waals surface area contributed by atoms with Crippen LogP contribution in [-0.2, 0) is 9.53 Å². The Labute approximate surface area is 158 Å². The number of carbonyl (C=O) groups excluding carboxylic acids is 1. The summed E-state index contributed by atoms with van der Waals surface area (Å²) >= 11 is 0. The number of amides is 1. The van der Waals surface area contributed by atoms with Gasteiger partial charge in [0.25, 0.3) is 0 Å². The van der Waals surface area contributed by atoms with Crippen LogP contribution < -0.4 is 15.8 Å². The highest BCUT2D eigenvalue weighted by Crippen LogP contribution is 2.30. The van der Waals surface area contributed by atoms with Gasteiger partial charge in [0.15, 0.2) is 11.5 Å². The highest BCUT2D eigenvalue weighted by atomic mass is 16.5. The Morgan fingerprint density at radius 3 is 2.67 bits per heavy atom. The molecule has 0 aromatic heterocycles. The van der Waals surface area contributed by atoms with Gasteiger partial charge in [-0.3, -0.25) is 4.79 Å². The topological polar surface area (TPSA) is 114 Å². The van der Waals surface area contributed by atoms with Gasteiger partial charge >= 0.3 is 0 Å². The van der Waals surface area contributed by atoms with Gasteiger partial charge in [0, 0.05) is 12.7 Å². The predicted octanol–water partition coefficient (Wildman–Crippen LogP) is 2.62. The lowest BCUT2D eigenvalue weighted by atomic mass is 10.0. The Morgan fingerprint density at radius 2 is 2.04 bits per heavy atom. The Kier molecular flexibility index (Phi) is 7.22. The lowest BCUT2D eigenvalue weighted by Gasteiger charge is -2.20. The molecule has 0 spiro atoms. The molecule has 0 fully saturated rings. The molecular weight excluding hydrogens is 348 g/mol. The fourth-order valence-electron chi connectivity index (χ4n) is 2.49. The first-order valence-corrected chi connectivity index (χ1v) is 8.46. The van der Waals surface area contributed by atoms with Crippen LogP contribution in [0.3, 0.4) is 0 Å². The summed E-state index contributed by atoms with van der Waals surface area (Å²) in [6.07, 6.45) is 0.887. The van der Waals surface area contributed by atoms with Gasteiger partial charge in [0.05, 0.1) is 18.5 Å². The molecule has 0 bridgehead atoms. The summed E-state index contributed by atoms with van der Waals surface area (Å²) in [6, 6.07) is 11.5. The van der Waals surface area contributed by atoms with Crippen molar-refractivity contribution in [3.63, 3.8) is 0 Å². The molecule has 0 aliphatic carbocycles. The number of aromatic hydroxyl groups is 1. The quantitative estimate of drug-likeness (QED) is 0.418. The highest BCUT2D eigenvalue weighted by molar-refractivity contribution is 6.01. The molecule has 0 radical (unpaired) electrons. The monoisotopic (exact) mass is 372 g/mol. The van der Waals surface area contributed by atoms with Crippen LogP contribution in [-0.4, -0.2) is 35.9 Å². The smallest absolute Gasteiger partial charge is 0.248 e. The zero-order chi connectivity index (χ0) is 19.8. The van der Waals surface area contributed by atoms with Crippen LogP contribution >= 0.6 is 0 Å². The Hall–Kier alpha value is -3.03. The van der Waals surface area contributed by atoms with Gasteiger partial charge < -0.3 is 30.7 Å². The van der Waals surface area contributed by atoms with Crippen molar-refractivity contribution in [2.75, 3.05) is 24.8 Å². The molecule has 0 saturated carbocycles. The molecule has 27 heavy (non-hydrogen) atoms. The Morgan fingerprint density at radius 1 is 1.30 bits per heavy atom. The lowest BCUT2D eigenvalue weighted by Crippen LogP contribution is -2.21. The first kappa shape index (κ1) is 20.3. The molecule has 7 nitrogen and oxygen atoms in total. The van der Waals surface area contributed by atoms with Crippen LogP contribution in [0.15, 0.2) is 54.6 Å². The number of hydrogen-bond donors (Lipinski definition) is 4. The number of benzene rings is 2. The van der Waals surface area contributed by atoms with Gasteiger partial charge in [-0.2, -0.15) is 0 Å². The summed E-state index contributed by atoms with van der Waals surface area (Å²) in [5.41, 5.74) is 7.19. The van der Waals surface area contributed by atoms with Crippen molar-refractivity contribution in [2.45, 2.75) is 19.1 Å². The summed E-state index contributed by atoms with van der Waals surface area (Å²) in [5.74, 6) is -0.192. The number of aliphatic hydroxyl groups excluding tert-OH is 1. The van der Waals surface area contributed by atoms with E-state index in [9.17, 15) is 15.0 Å². The number of hydrogen-bond acceptors (Lipinski definition) is 6. The third kappa shape index (κ3) is 5.47. The summed E-state index contributed by atoms with van der Waals surface area (Å²) in [5, 5.41) is 23.1. The van der Waals surface area contributed by atoms with Crippen LogP contribution in [0.1, 0.15) is 18.6 Å². The molecule has 1 amide bonds. The molecule has 5 N–H and O–H groups in total. The van der Waals surface area contributed by atoms with Crippen molar-refractivity contribution in [3.05, 3.63) is 60.2 Å². The second-order valence-electron chi connectivity index (χ2n) is 5.73. The number of carbonyl (C=O) groups is 1. The Bertz CT molecular complexity index is 807. The minimum absolute atomic E-state index is 0.0921. The highest BCUT2D eigenvalue weighted by Gasteiger charge is 2.20. The van der Waals surface area contributed by atoms with E-state index in [2.05, 4.69) is 5.32 Å². The van der Waals surface area contributed by atoms with Crippen molar-refractivity contribution in [2.24, 2.45) is 0 Å². The van der Waals surface area contributed by atoms with Gasteiger partial charge in [-0.1, -0.05) is 18.2 Å². The van der Waals surface area contributed by atoms with Crippen LogP contribution in [0.25, 0.3) is 0 Å². The molecule has 7 heteroatoms. The summed E-state index contributed by atoms with van der Waals surface area (Å²) in [7, 11) is 1.44. The fraction of sp³-hybridized carbons (Fsp3) is 0.250. The molecule has 2 atom stereocenters. The number of phenols is 1. The summed E-state index contributed by atoms with van der Waals surface area (Å²) in [6.45, 7) is 2.12. The number of nitrogen functional groups attached to an aromatic ring is 1. The SMILES string of the molecule is CCO[C@H](/C=C/C(=O)Nc1ccccc1N)[C@H](O)c1ccc(OC)c(O)c1. The average Bonchev–Trinajstić information content (AvgIpc) is 2.66. The molecule has 144 valence electrons. The van der Waals surface area contributed by atoms with Crippen molar-refractivity contribution >= 4 is 17.3 Å². The zero-order valence-corrected chi connectivity index (χ0v) is 15.3. The maximum atomic E-state index is 12.1. The van der Waals surface area contributed by atoms with Crippen molar-refractivity contribution in [1.82, 2.24) is 0 Å². The van der Waals surface area contributed by atoms with Gasteiger partial charge in [0.2, 0.25) is 5.91 Å². The normalized spacial score (nSPS) is 13.3. The van der Waals surface area contributed by atoms with Crippen molar-refractivity contribution in [1.29, 1.82) is 0 Å². The number of nitrogens with two attached hydrogens (primary N) is 1. The molecule has 0 aliphatic heterocycles. The molecule has 0 aliphatic rings. The van der Waals surface area contributed by atoms with E-state index in [0.29, 0.717) is 29.3 Å². The maximum absolute atomic E-state index is 12.1. The average molecular weight is 372 g/mol. The van der Waals surface area contributed by atoms with Gasteiger partial charge in [-0.25, -0.2) is 0 Å². The maximum Gasteiger partial charge on any atom is 0.248 e. The van der Waals surface area contributed by atoms with E-state index in [-0.39, 0.29) is 5.75 Å². The Balaban J connectivity index is 2.11. The summed E-state index contributed by atoms with van der Waals surface area (Å²) < 4.78 is 10.5. The predicted molar refractivity (Wildman–Crippen MR) is 104 cm³/mol. The van der Waals surface area contributed by atoms with Gasteiger partial charge in [-0.15, -0.1) is 0 Å². The molecule has 0 unspecified atom stereocenters. The number of phenolic OH excluding ortho intramolecular Hbond substituents is 1. The lowest BCUT2D eigenvalue weighted by molar-refractivity contribution is -0.112. The van der Waals surface area contributed by atoms with Gasteiger partial charge in [0.1, 0.15) is 12.2 Å². The molecule has 2 aromatic rings. The minimum Gasteiger partial charge on any atom is -0.504 e. The van der Waals surface area contributed by atoms with Crippen LogP contribution in [0.4, 0.5) is 11.4 Å². The number of para-hydroxylation sites is 2. The molecular formula is C20H24N2O5. The number of aliphatic hydroxyl groups is 1. The first-order valence-electron chi connectivity index (χ1n) is 8.46. The number of nitrogens with one attached hydrogen (secondary N) is 1. The largest absolute Gasteiger partial charge is 0.504 e. The van der Waals surface area contributed by atoms with E-state index in [4.69, 9.17) is 15.2 Å². The van der Waals surface area contributed by atoms with E-state index >= 15 is 0 Å². The zero-order valence-electron chi connectivity index (χ0n) is 15.3. The number of rotatable bonds is 8. The van der Waals surface area contributed by atoms with E-state index in [1.165, 1.54) is 25.3 Å². The molecule has 2 rings (SSSR count). The second-order valence-corrected chi connectivity index (χ2v) is 5.73. The van der Waals surface area contributed by atoms with Crippen LogP contribution in [0, 0.1) is 0 Å². The van der Waals surface area contributed by atoms with Crippen molar-refractivity contribution in [3.8, 4) is 11.5 Å². The second kappa shape index (κ2) is 9.61. The van der Waals surface area contributed by atoms with Crippen LogP contribution in [0.5, 0.6) is 11.5 Å². The van der Waals surface area contributed by atoms with E-state index < -0.39 is 18.1 Å². The van der Waals surface area contributed by atoms with Crippen LogP contribution in [0.2, 0.25) is 0 Å². The summed E-state index contributed by atoms with van der Waals surface area (Å²) in [4.78, 5) is 12.1. The van der Waals surface area contributed by atoms with Gasteiger partial charge in [-0.05, 0) is 42.8 Å². The number of ether oxygens (including phenoxy) is 2. The number of methoxy groups -OCH3 is 1. The molecule has 2 aromatic carbocycles. The first-order chi connectivity index (χ1) is 13.0. The fourth-order valence-corrected chi connectivity index (χ4v) is 2.49. The molecule has 0 heterocycles. The third-order valence-electron chi connectivity index (χ3n) is 3.87. The van der Waals surface area contributed by atoms with E-state index in [1.807, 2.05) is 0 Å². The minimum atomic E-state index is -1.08.